The fourth-order valence-electron chi connectivity index (χ4n) is 16.3. The molecule has 9 heteroatoms. The number of ether oxygens (including phenoxy) is 2. The Labute approximate surface area is 375 Å². The van der Waals surface area contributed by atoms with Crippen LogP contribution in [0.2, 0.25) is 0 Å². The van der Waals surface area contributed by atoms with E-state index in [-0.39, 0.29) is 57.4 Å². The summed E-state index contributed by atoms with van der Waals surface area (Å²) in [6.07, 6.45) is 13.6. The van der Waals surface area contributed by atoms with E-state index in [1.54, 1.807) is 0 Å². The van der Waals surface area contributed by atoms with Crippen molar-refractivity contribution in [3.8, 4) is 0 Å². The molecular weight excluding hydrogens is 787 g/mol. The number of nitrogens with one attached hydrogen (secondary N) is 2. The third-order valence-electron chi connectivity index (χ3n) is 19.3. The van der Waals surface area contributed by atoms with Crippen LogP contribution in [0.15, 0.2) is 47.8 Å². The molecule has 12 unspecified atom stereocenters. The minimum atomic E-state index is -0.720. The topological polar surface area (TPSA) is 129 Å². The quantitative estimate of drug-likeness (QED) is 0.150. The molecule has 2 saturated heterocycles. The molecule has 4 N–H and O–H groups in total. The maximum absolute atomic E-state index is 14.9. The molecule has 4 saturated carbocycles. The molecule has 0 amide bonds. The van der Waals surface area contributed by atoms with Gasteiger partial charge in [-0.05, 0) is 154 Å². The second-order valence-corrected chi connectivity index (χ2v) is 23.2. The van der Waals surface area contributed by atoms with Crippen molar-refractivity contribution in [3.63, 3.8) is 0 Å². The average molecular weight is 862 g/mol. The number of epoxide rings is 1. The summed E-state index contributed by atoms with van der Waals surface area (Å²) in [7, 11) is 2.05. The highest BCUT2D eigenvalue weighted by atomic mass is 16.6. The van der Waals surface area contributed by atoms with E-state index in [0.717, 1.165) is 99.6 Å². The van der Waals surface area contributed by atoms with Gasteiger partial charge < -0.3 is 34.6 Å². The highest BCUT2D eigenvalue weighted by Gasteiger charge is 2.73. The van der Waals surface area contributed by atoms with Gasteiger partial charge >= 0.3 is 0 Å². The van der Waals surface area contributed by atoms with E-state index in [1.807, 2.05) is 27.1 Å². The van der Waals surface area contributed by atoms with Gasteiger partial charge in [0.15, 0.2) is 5.78 Å². The molecule has 5 aliphatic carbocycles. The zero-order chi connectivity index (χ0) is 44.4. The van der Waals surface area contributed by atoms with Crippen molar-refractivity contribution in [3.05, 3.63) is 70.1 Å². The predicted octanol–water partition coefficient (Wildman–Crippen LogP) is 9.14. The molecule has 6 fully saturated rings. The van der Waals surface area contributed by atoms with Crippen molar-refractivity contribution < 1.29 is 29.3 Å². The lowest BCUT2D eigenvalue weighted by molar-refractivity contribution is -0.227. The van der Waals surface area contributed by atoms with Crippen molar-refractivity contribution >= 4 is 22.6 Å². The summed E-state index contributed by atoms with van der Waals surface area (Å²) in [5.74, 6) is 0.718. The first kappa shape index (κ1) is 43.8. The fourth-order valence-corrected chi connectivity index (χ4v) is 16.3. The number of nitrogens with zero attached hydrogens (tertiary/aromatic N) is 1. The second kappa shape index (κ2) is 15.5. The number of hydrogen-bond acceptors (Lipinski definition) is 7. The van der Waals surface area contributed by atoms with E-state index in [9.17, 15) is 19.8 Å². The molecule has 10 rings (SSSR count). The fraction of sp³-hybridized carbons (Fsp3) is 0.704. The third kappa shape index (κ3) is 6.77. The highest BCUT2D eigenvalue weighted by molar-refractivity contribution is 6.01. The van der Waals surface area contributed by atoms with E-state index in [0.29, 0.717) is 43.6 Å². The molecule has 12 atom stereocenters. The molecule has 1 aromatic carbocycles. The number of aromatic nitrogens is 2. The second-order valence-electron chi connectivity index (χ2n) is 23.2. The maximum atomic E-state index is 14.9. The van der Waals surface area contributed by atoms with Gasteiger partial charge in [0, 0.05) is 74.2 Å². The molecule has 1 spiro atoms. The number of hydrogen-bond donors (Lipinski definition) is 4. The number of fused-ring (bicyclic) bond motifs is 7. The number of aromatic amines is 1. The van der Waals surface area contributed by atoms with Gasteiger partial charge in [-0.25, -0.2) is 0 Å². The van der Waals surface area contributed by atoms with E-state index < -0.39 is 17.6 Å². The Hall–Kier alpha value is -3.08. The summed E-state index contributed by atoms with van der Waals surface area (Å²) < 4.78 is 14.0. The molecule has 2 aromatic heterocycles. The Bertz CT molecular complexity index is 2320. The summed E-state index contributed by atoms with van der Waals surface area (Å²) >= 11 is 0. The molecule has 7 aliphatic rings. The number of aliphatic hydroxyl groups is 2. The maximum Gasteiger partial charge on any atom is 0.160 e. The Kier molecular flexibility index (Phi) is 10.8. The predicted molar refractivity (Wildman–Crippen MR) is 246 cm³/mol. The van der Waals surface area contributed by atoms with E-state index in [2.05, 4.69) is 79.9 Å². The number of Topliss-reactive ketones (excluding diaryl/α,β-unsaturated/α-hetero) is 2. The molecule has 4 heterocycles. The van der Waals surface area contributed by atoms with Gasteiger partial charge in [0.2, 0.25) is 0 Å². The van der Waals surface area contributed by atoms with Crippen LogP contribution in [0.5, 0.6) is 0 Å². The number of carbonyl (C=O) groups excluding carboxylic acids is 2. The number of allylic oxidation sites excluding steroid dienone is 1. The Morgan fingerprint density at radius 3 is 2.51 bits per heavy atom. The van der Waals surface area contributed by atoms with Crippen LogP contribution in [0.4, 0.5) is 0 Å². The van der Waals surface area contributed by atoms with Crippen LogP contribution in [0.1, 0.15) is 147 Å². The van der Waals surface area contributed by atoms with Gasteiger partial charge in [0.1, 0.15) is 11.9 Å². The van der Waals surface area contributed by atoms with Gasteiger partial charge in [-0.15, -0.1) is 0 Å². The van der Waals surface area contributed by atoms with Gasteiger partial charge in [-0.1, -0.05) is 57.9 Å². The number of carbonyl (C=O) groups is 2. The zero-order valence-electron chi connectivity index (χ0n) is 39.4. The Morgan fingerprint density at radius 2 is 1.78 bits per heavy atom. The first-order chi connectivity index (χ1) is 29.9. The van der Waals surface area contributed by atoms with Crippen molar-refractivity contribution in [2.45, 2.75) is 174 Å². The van der Waals surface area contributed by atoms with Crippen molar-refractivity contribution in [2.24, 2.45) is 45.3 Å². The largest absolute Gasteiger partial charge is 0.392 e. The van der Waals surface area contributed by atoms with Crippen LogP contribution in [0.25, 0.3) is 11.0 Å². The molecule has 2 aliphatic heterocycles. The van der Waals surface area contributed by atoms with E-state index in [4.69, 9.17) is 9.47 Å². The molecule has 9 nitrogen and oxygen atoms in total. The molecule has 63 heavy (non-hydrogen) atoms. The normalized spacial score (nSPS) is 38.8. The Morgan fingerprint density at radius 1 is 1.02 bits per heavy atom. The van der Waals surface area contributed by atoms with Crippen LogP contribution < -0.4 is 5.32 Å². The van der Waals surface area contributed by atoms with Gasteiger partial charge in [-0.2, -0.15) is 0 Å². The summed E-state index contributed by atoms with van der Waals surface area (Å²) in [5, 5.41) is 28.7. The summed E-state index contributed by atoms with van der Waals surface area (Å²) in [4.78, 5) is 33.0. The minimum absolute atomic E-state index is 0.0937. The van der Waals surface area contributed by atoms with Gasteiger partial charge in [0.25, 0.3) is 0 Å². The summed E-state index contributed by atoms with van der Waals surface area (Å²) in [6.45, 7) is 17.8. The molecule has 0 radical (unpaired) electrons. The lowest BCUT2D eigenvalue weighted by Gasteiger charge is -2.71. The first-order valence-electron chi connectivity index (χ1n) is 24.8. The lowest BCUT2D eigenvalue weighted by Crippen LogP contribution is -2.69. The number of aryl methyl sites for hydroxylation is 1. The van der Waals surface area contributed by atoms with E-state index >= 15 is 0 Å². The van der Waals surface area contributed by atoms with Crippen LogP contribution in [0.3, 0.4) is 0 Å². The standard InChI is InChI=1S/C54H75N3O6/c1-31-22-33(25-35(23-31)34-14-20-62-21-15-34)26-36-29-57(39-13-19-56-46(36)39)30-38-45-44(32(2)24-40(58)49-50(3,4)63-49)41(59)28-53(45,7)52(6)18-11-42-51(5,48(52)47(38)61)17-12-43(60)54(42)16-9-10-37(27-54)55-8/h13,19,22-23,25,29,32,34,37-38,40,42,47-49,55-56,58,61H,9-12,14-18,20-21,24,26-28,30H2,1-8H3. The van der Waals surface area contributed by atoms with Gasteiger partial charge in [-0.3, -0.25) is 9.59 Å². The number of rotatable bonds is 10. The zero-order valence-corrected chi connectivity index (χ0v) is 39.4. The van der Waals surface area contributed by atoms with Crippen LogP contribution in [-0.2, 0) is 32.0 Å². The Balaban J connectivity index is 1.07. The molecule has 3 aromatic rings. The van der Waals surface area contributed by atoms with E-state index in [1.165, 1.54) is 22.3 Å². The number of benzene rings is 1. The summed E-state index contributed by atoms with van der Waals surface area (Å²) in [6, 6.07) is 9.58. The van der Waals surface area contributed by atoms with Crippen LogP contribution >= 0.6 is 0 Å². The average Bonchev–Trinajstić information content (AvgIpc) is 3.52. The molecule has 0 bridgehead atoms. The number of H-pyrrole nitrogens is 1. The van der Waals surface area contributed by atoms with Gasteiger partial charge in [0.05, 0.1) is 28.8 Å². The highest BCUT2D eigenvalue weighted by Crippen LogP contribution is 2.76. The van der Waals surface area contributed by atoms with Crippen molar-refractivity contribution in [1.82, 2.24) is 14.9 Å². The third-order valence-corrected chi connectivity index (χ3v) is 19.3. The smallest absolute Gasteiger partial charge is 0.160 e. The number of ketones is 2. The van der Waals surface area contributed by atoms with Crippen molar-refractivity contribution in [2.75, 3.05) is 20.3 Å². The molecule has 342 valence electrons. The SMILES string of the molecule is CNC1CCCC2(C1)C(=O)CCC1(C)C2CCC2(C)C1C(O)C(Cn1cc(Cc3cc(C)cc(C4CCOCC4)c3)c3[nH]ccc31)C1=C(C(C)CC(O)C3OC3(C)C)C(=O)CC12C. The monoisotopic (exact) mass is 862 g/mol. The van der Waals surface area contributed by atoms with Crippen LogP contribution in [0, 0.1) is 52.3 Å². The first-order valence-corrected chi connectivity index (χ1v) is 24.8. The number of aliphatic hydroxyl groups excluding tert-OH is 2. The minimum Gasteiger partial charge on any atom is -0.392 e. The van der Waals surface area contributed by atoms with Crippen molar-refractivity contribution in [1.29, 1.82) is 0 Å². The lowest BCUT2D eigenvalue weighted by atomic mass is 9.33. The summed E-state index contributed by atoms with van der Waals surface area (Å²) in [5.41, 5.74) is 7.56. The molecular formula is C54H75N3O6. The van der Waals surface area contributed by atoms with Crippen LogP contribution in [-0.4, -0.2) is 81.5 Å².